The van der Waals surface area contributed by atoms with Crippen LogP contribution in [0.4, 0.5) is 34.1 Å². The van der Waals surface area contributed by atoms with Crippen molar-refractivity contribution < 1.29 is 0 Å². The molecule has 0 aromatic heterocycles. The summed E-state index contributed by atoms with van der Waals surface area (Å²) in [6.45, 7) is 4.28. The molecule has 3 heteroatoms. The van der Waals surface area contributed by atoms with Gasteiger partial charge >= 0.3 is 0 Å². The fourth-order valence-electron chi connectivity index (χ4n) is 5.44. The summed E-state index contributed by atoms with van der Waals surface area (Å²) in [6, 6.07) is 47.5. The summed E-state index contributed by atoms with van der Waals surface area (Å²) in [6.07, 6.45) is 7.72. The van der Waals surface area contributed by atoms with E-state index in [2.05, 4.69) is 181 Å². The Morgan fingerprint density at radius 3 is 1.73 bits per heavy atom. The van der Waals surface area contributed by atoms with E-state index < -0.39 is 0 Å². The number of hydrogen-bond donors (Lipinski definition) is 1. The number of rotatable bonds is 8. The van der Waals surface area contributed by atoms with E-state index in [9.17, 15) is 0 Å². The van der Waals surface area contributed by atoms with Crippen LogP contribution in [-0.4, -0.2) is 6.04 Å². The largest absolute Gasteiger partial charge is 0.356 e. The molecule has 0 bridgehead atoms. The van der Waals surface area contributed by atoms with Gasteiger partial charge < -0.3 is 15.1 Å². The van der Waals surface area contributed by atoms with Crippen LogP contribution in [0.2, 0.25) is 0 Å². The van der Waals surface area contributed by atoms with Gasteiger partial charge in [0.2, 0.25) is 0 Å². The highest BCUT2D eigenvalue weighted by Crippen LogP contribution is 2.36. The van der Waals surface area contributed by atoms with E-state index in [4.69, 9.17) is 0 Å². The van der Waals surface area contributed by atoms with Gasteiger partial charge in [-0.05, 0) is 110 Å². The molecule has 1 unspecified atom stereocenters. The lowest BCUT2D eigenvalue weighted by Gasteiger charge is -2.33. The van der Waals surface area contributed by atoms with E-state index in [0.29, 0.717) is 0 Å². The van der Waals surface area contributed by atoms with Crippen LogP contribution in [-0.2, 0) is 0 Å². The van der Waals surface area contributed by atoms with Crippen molar-refractivity contribution >= 4 is 34.1 Å². The zero-order valence-electron chi connectivity index (χ0n) is 23.6. The third kappa shape index (κ3) is 6.10. The molecule has 5 aromatic carbocycles. The van der Waals surface area contributed by atoms with Crippen molar-refractivity contribution in [3.8, 4) is 0 Å². The topological polar surface area (TPSA) is 18.5 Å². The number of nitrogens with zero attached hydrogens (tertiary/aromatic N) is 2. The lowest BCUT2D eigenvalue weighted by atomic mass is 10.0. The second-order valence-corrected chi connectivity index (χ2v) is 10.5. The monoisotopic (exact) mass is 533 g/mol. The average molecular weight is 534 g/mol. The Balaban J connectivity index is 1.20. The molecular formula is C38H35N3. The van der Waals surface area contributed by atoms with E-state index in [1.807, 2.05) is 0 Å². The van der Waals surface area contributed by atoms with Gasteiger partial charge in [-0.15, -0.1) is 0 Å². The second-order valence-electron chi connectivity index (χ2n) is 10.5. The van der Waals surface area contributed by atoms with Crippen LogP contribution >= 0.6 is 0 Å². The highest BCUT2D eigenvalue weighted by atomic mass is 15.2. The second kappa shape index (κ2) is 12.0. The van der Waals surface area contributed by atoms with E-state index in [1.165, 1.54) is 22.5 Å². The summed E-state index contributed by atoms with van der Waals surface area (Å²) in [5.41, 5.74) is 10.5. The summed E-state index contributed by atoms with van der Waals surface area (Å²) in [4.78, 5) is 4.72. The standard InChI is InChI=1S/C38H35N3/c1-29-11-9-17-37(27-29)40(33-13-5-3-6-14-33)35-23-19-31(20-24-35)39-32-21-25-36(26-22-32)41(34-15-7-4-8-16-34)38-18-10-12-30(2)28-38/h3-25,27-28,36,39H,26H2,1-2H3. The Kier molecular flexibility index (Phi) is 7.68. The summed E-state index contributed by atoms with van der Waals surface area (Å²) in [5, 5.41) is 3.62. The van der Waals surface area contributed by atoms with Gasteiger partial charge in [0.15, 0.2) is 0 Å². The van der Waals surface area contributed by atoms with Crippen LogP contribution in [0.1, 0.15) is 17.5 Å². The lowest BCUT2D eigenvalue weighted by Crippen LogP contribution is -2.30. The molecule has 1 atom stereocenters. The number of nitrogens with one attached hydrogen (secondary N) is 1. The molecule has 1 aliphatic carbocycles. The Morgan fingerprint density at radius 1 is 0.561 bits per heavy atom. The van der Waals surface area contributed by atoms with Crippen LogP contribution in [0.25, 0.3) is 0 Å². The minimum atomic E-state index is 0.237. The van der Waals surface area contributed by atoms with Crippen LogP contribution in [0.5, 0.6) is 0 Å². The number of benzene rings is 5. The van der Waals surface area contributed by atoms with Crippen LogP contribution < -0.4 is 15.1 Å². The van der Waals surface area contributed by atoms with Gasteiger partial charge in [0.05, 0.1) is 6.04 Å². The summed E-state index contributed by atoms with van der Waals surface area (Å²) < 4.78 is 0. The molecule has 0 aliphatic heterocycles. The van der Waals surface area contributed by atoms with E-state index in [-0.39, 0.29) is 6.04 Å². The zero-order chi connectivity index (χ0) is 28.0. The number of hydrogen-bond acceptors (Lipinski definition) is 3. The third-order valence-corrected chi connectivity index (χ3v) is 7.41. The van der Waals surface area contributed by atoms with Gasteiger partial charge in [-0.3, -0.25) is 0 Å². The van der Waals surface area contributed by atoms with Crippen molar-refractivity contribution in [2.45, 2.75) is 26.3 Å². The maximum atomic E-state index is 3.62. The fraction of sp³-hybridized carbons (Fsp3) is 0.105. The molecule has 6 rings (SSSR count). The van der Waals surface area contributed by atoms with Crippen molar-refractivity contribution in [3.05, 3.63) is 169 Å². The lowest BCUT2D eigenvalue weighted by molar-refractivity contribution is 0.779. The normalized spacial score (nSPS) is 14.3. The number of para-hydroxylation sites is 2. The van der Waals surface area contributed by atoms with E-state index in [1.54, 1.807) is 0 Å². The quantitative estimate of drug-likeness (QED) is 0.214. The molecule has 1 N–H and O–H groups in total. The molecule has 41 heavy (non-hydrogen) atoms. The molecule has 0 saturated carbocycles. The molecule has 202 valence electrons. The highest BCUT2D eigenvalue weighted by Gasteiger charge is 2.20. The van der Waals surface area contributed by atoms with Gasteiger partial charge in [-0.2, -0.15) is 0 Å². The number of allylic oxidation sites excluding steroid dienone is 1. The Labute approximate surface area is 243 Å². The fourth-order valence-corrected chi connectivity index (χ4v) is 5.44. The summed E-state index contributed by atoms with van der Waals surface area (Å²) in [7, 11) is 0. The van der Waals surface area contributed by atoms with Crippen molar-refractivity contribution in [2.75, 3.05) is 15.1 Å². The zero-order valence-corrected chi connectivity index (χ0v) is 23.6. The van der Waals surface area contributed by atoms with Crippen molar-refractivity contribution in [1.82, 2.24) is 0 Å². The SMILES string of the molecule is Cc1cccc(N(c2ccccc2)c2ccc(NC3=CCC(N(c4ccccc4)c4cccc(C)c4)C=C3)cc2)c1. The van der Waals surface area contributed by atoms with Gasteiger partial charge in [-0.25, -0.2) is 0 Å². The van der Waals surface area contributed by atoms with Crippen molar-refractivity contribution in [3.63, 3.8) is 0 Å². The first-order chi connectivity index (χ1) is 20.1. The molecule has 0 amide bonds. The summed E-state index contributed by atoms with van der Waals surface area (Å²) >= 11 is 0. The molecule has 0 spiro atoms. The molecule has 0 fully saturated rings. The van der Waals surface area contributed by atoms with Gasteiger partial charge in [-0.1, -0.05) is 72.8 Å². The maximum absolute atomic E-state index is 3.62. The van der Waals surface area contributed by atoms with Crippen molar-refractivity contribution in [2.24, 2.45) is 0 Å². The summed E-state index contributed by atoms with van der Waals surface area (Å²) in [5.74, 6) is 0. The number of aryl methyl sites for hydroxylation is 2. The van der Waals surface area contributed by atoms with Crippen LogP contribution in [0, 0.1) is 13.8 Å². The molecule has 0 radical (unpaired) electrons. The molecule has 3 nitrogen and oxygen atoms in total. The van der Waals surface area contributed by atoms with Gasteiger partial charge in [0.25, 0.3) is 0 Å². The Bertz CT molecular complexity index is 1650. The van der Waals surface area contributed by atoms with E-state index in [0.717, 1.165) is 34.9 Å². The molecule has 0 heterocycles. The molecule has 0 saturated heterocycles. The minimum absolute atomic E-state index is 0.237. The predicted molar refractivity (Wildman–Crippen MR) is 175 cm³/mol. The van der Waals surface area contributed by atoms with Crippen LogP contribution in [0.15, 0.2) is 157 Å². The minimum Gasteiger partial charge on any atom is -0.356 e. The smallest absolute Gasteiger partial charge is 0.0561 e. The van der Waals surface area contributed by atoms with Crippen molar-refractivity contribution in [1.29, 1.82) is 0 Å². The molecule has 1 aliphatic rings. The average Bonchev–Trinajstić information content (AvgIpc) is 3.00. The first kappa shape index (κ1) is 26.2. The highest BCUT2D eigenvalue weighted by molar-refractivity contribution is 5.77. The Hall–Kier alpha value is -5.02. The van der Waals surface area contributed by atoms with Gasteiger partial charge in [0.1, 0.15) is 0 Å². The first-order valence-electron chi connectivity index (χ1n) is 14.2. The molecule has 5 aromatic rings. The first-order valence-corrected chi connectivity index (χ1v) is 14.2. The number of anilines is 6. The molecular weight excluding hydrogens is 498 g/mol. The van der Waals surface area contributed by atoms with E-state index >= 15 is 0 Å². The Morgan fingerprint density at radius 2 is 1.12 bits per heavy atom. The van der Waals surface area contributed by atoms with Gasteiger partial charge in [0, 0.05) is 39.8 Å². The predicted octanol–water partition coefficient (Wildman–Crippen LogP) is 10.2. The maximum Gasteiger partial charge on any atom is 0.0561 e. The van der Waals surface area contributed by atoms with Crippen LogP contribution in [0.3, 0.4) is 0 Å². The third-order valence-electron chi connectivity index (χ3n) is 7.41.